The molecular formula is C22H21ClN2O2S. The van der Waals surface area contributed by atoms with Gasteiger partial charge in [0, 0.05) is 35.3 Å². The van der Waals surface area contributed by atoms with E-state index in [1.807, 2.05) is 60.5 Å². The van der Waals surface area contributed by atoms with Gasteiger partial charge in [-0.1, -0.05) is 41.9 Å². The van der Waals surface area contributed by atoms with Crippen molar-refractivity contribution in [1.29, 1.82) is 0 Å². The van der Waals surface area contributed by atoms with Crippen LogP contribution in [0.4, 0.5) is 0 Å². The van der Waals surface area contributed by atoms with Crippen LogP contribution in [-0.4, -0.2) is 22.8 Å². The molecule has 2 aliphatic rings. The zero-order valence-electron chi connectivity index (χ0n) is 15.6. The van der Waals surface area contributed by atoms with Gasteiger partial charge < -0.3 is 15.0 Å². The Morgan fingerprint density at radius 1 is 1.21 bits per heavy atom. The Morgan fingerprint density at radius 3 is 2.86 bits per heavy atom. The lowest BCUT2D eigenvalue weighted by Gasteiger charge is -2.39. The van der Waals surface area contributed by atoms with E-state index >= 15 is 0 Å². The molecule has 0 bridgehead atoms. The summed E-state index contributed by atoms with van der Waals surface area (Å²) < 4.78 is 5.96. The van der Waals surface area contributed by atoms with E-state index in [-0.39, 0.29) is 11.8 Å². The molecule has 0 saturated carbocycles. The van der Waals surface area contributed by atoms with E-state index in [2.05, 4.69) is 5.32 Å². The van der Waals surface area contributed by atoms with E-state index in [0.29, 0.717) is 23.2 Å². The minimum Gasteiger partial charge on any atom is -0.489 e. The maximum Gasteiger partial charge on any atom is 0.173 e. The first-order chi connectivity index (χ1) is 13.5. The number of hydrogen-bond donors (Lipinski definition) is 1. The highest BCUT2D eigenvalue weighted by molar-refractivity contribution is 7.80. The fraction of sp³-hybridized carbons (Fsp3) is 0.273. The highest BCUT2D eigenvalue weighted by Gasteiger charge is 2.35. The molecule has 1 unspecified atom stereocenters. The van der Waals surface area contributed by atoms with Crippen molar-refractivity contribution in [3.63, 3.8) is 0 Å². The molecule has 1 atom stereocenters. The van der Waals surface area contributed by atoms with Crippen LogP contribution in [0.2, 0.25) is 5.02 Å². The summed E-state index contributed by atoms with van der Waals surface area (Å²) in [5, 5.41) is 4.65. The van der Waals surface area contributed by atoms with Gasteiger partial charge in [-0.2, -0.15) is 0 Å². The predicted molar refractivity (Wildman–Crippen MR) is 114 cm³/mol. The minimum atomic E-state index is -0.240. The van der Waals surface area contributed by atoms with Crippen molar-refractivity contribution in [1.82, 2.24) is 10.2 Å². The van der Waals surface area contributed by atoms with Gasteiger partial charge in [0.05, 0.1) is 6.04 Å². The molecule has 1 heterocycles. The average Bonchev–Trinajstić information content (AvgIpc) is 2.70. The number of ketones is 1. The number of benzene rings is 2. The number of allylic oxidation sites excluding steroid dienone is 1. The lowest BCUT2D eigenvalue weighted by molar-refractivity contribution is -0.116. The third kappa shape index (κ3) is 3.64. The van der Waals surface area contributed by atoms with Gasteiger partial charge in [0.2, 0.25) is 0 Å². The highest BCUT2D eigenvalue weighted by Crippen LogP contribution is 2.37. The molecule has 2 aromatic rings. The number of ether oxygens (including phenoxy) is 1. The molecular weight excluding hydrogens is 392 g/mol. The lowest BCUT2D eigenvalue weighted by atomic mass is 9.85. The van der Waals surface area contributed by atoms with Crippen LogP contribution in [0.1, 0.15) is 36.4 Å². The number of hydrogen-bond acceptors (Lipinski definition) is 3. The number of nitrogens with one attached hydrogen (secondary N) is 1. The van der Waals surface area contributed by atoms with Gasteiger partial charge in [0.15, 0.2) is 10.9 Å². The Bertz CT molecular complexity index is 973. The van der Waals surface area contributed by atoms with Crippen LogP contribution in [0.15, 0.2) is 59.8 Å². The summed E-state index contributed by atoms with van der Waals surface area (Å²) >= 11 is 11.7. The van der Waals surface area contributed by atoms with Gasteiger partial charge in [-0.25, -0.2) is 0 Å². The molecule has 28 heavy (non-hydrogen) atoms. The van der Waals surface area contributed by atoms with Crippen molar-refractivity contribution in [2.75, 3.05) is 7.05 Å². The number of rotatable bonds is 4. The first-order valence-electron chi connectivity index (χ1n) is 9.31. The number of thiocarbonyl (C=S) groups is 1. The van der Waals surface area contributed by atoms with Crippen molar-refractivity contribution in [2.45, 2.75) is 31.9 Å². The third-order valence-electron chi connectivity index (χ3n) is 5.24. The van der Waals surface area contributed by atoms with Crippen LogP contribution >= 0.6 is 23.8 Å². The molecule has 2 aromatic carbocycles. The highest BCUT2D eigenvalue weighted by atomic mass is 35.5. The molecule has 0 radical (unpaired) electrons. The first-order valence-corrected chi connectivity index (χ1v) is 10.1. The molecule has 0 saturated heterocycles. The lowest BCUT2D eigenvalue weighted by Crippen LogP contribution is -2.47. The monoisotopic (exact) mass is 412 g/mol. The van der Waals surface area contributed by atoms with E-state index in [1.54, 1.807) is 0 Å². The summed E-state index contributed by atoms with van der Waals surface area (Å²) in [6, 6.07) is 15.2. The molecule has 0 amide bonds. The van der Waals surface area contributed by atoms with Gasteiger partial charge in [-0.3, -0.25) is 4.79 Å². The van der Waals surface area contributed by atoms with Crippen molar-refractivity contribution in [3.8, 4) is 5.75 Å². The van der Waals surface area contributed by atoms with Crippen LogP contribution in [0.5, 0.6) is 5.75 Å². The van der Waals surface area contributed by atoms with E-state index in [1.165, 1.54) is 0 Å². The predicted octanol–water partition coefficient (Wildman–Crippen LogP) is 4.79. The quantitative estimate of drug-likeness (QED) is 0.731. The summed E-state index contributed by atoms with van der Waals surface area (Å²) in [5.41, 5.74) is 3.76. The Hall–Kier alpha value is -2.37. The molecule has 144 valence electrons. The van der Waals surface area contributed by atoms with E-state index in [4.69, 9.17) is 28.6 Å². The number of carbonyl (C=O) groups excluding carboxylic acids is 1. The van der Waals surface area contributed by atoms with Gasteiger partial charge in [-0.05, 0) is 48.8 Å². The SMILES string of the molecule is CN1C(=S)NC(c2cccc(OCc3ccccc3Cl)c2)C2=C1CCCC2=O. The molecule has 1 aliphatic heterocycles. The van der Waals surface area contributed by atoms with Crippen molar-refractivity contribution >= 4 is 34.7 Å². The molecule has 0 fully saturated rings. The molecule has 4 nitrogen and oxygen atoms in total. The van der Waals surface area contributed by atoms with Crippen LogP contribution < -0.4 is 10.1 Å². The van der Waals surface area contributed by atoms with Gasteiger partial charge in [-0.15, -0.1) is 0 Å². The summed E-state index contributed by atoms with van der Waals surface area (Å²) in [6.45, 7) is 0.384. The third-order valence-corrected chi connectivity index (χ3v) is 6.00. The second-order valence-corrected chi connectivity index (χ2v) is 7.83. The maximum atomic E-state index is 12.7. The largest absolute Gasteiger partial charge is 0.489 e. The molecule has 0 aromatic heterocycles. The van der Waals surface area contributed by atoms with Gasteiger partial charge in [0.1, 0.15) is 12.4 Å². The molecule has 6 heteroatoms. The smallest absolute Gasteiger partial charge is 0.173 e. The number of carbonyl (C=O) groups is 1. The topological polar surface area (TPSA) is 41.6 Å². The summed E-state index contributed by atoms with van der Waals surface area (Å²) in [6.07, 6.45) is 2.33. The standard InChI is InChI=1S/C22H21ClN2O2S/c1-25-18-10-5-11-19(26)20(18)21(24-22(25)28)14-7-4-8-16(12-14)27-13-15-6-2-3-9-17(15)23/h2-4,6-9,12,21H,5,10-11,13H2,1H3,(H,24,28). The molecule has 0 spiro atoms. The van der Waals surface area contributed by atoms with Crippen LogP contribution in [0, 0.1) is 0 Å². The summed E-state index contributed by atoms with van der Waals surface area (Å²) in [7, 11) is 1.92. The number of nitrogens with zero attached hydrogens (tertiary/aromatic N) is 1. The zero-order chi connectivity index (χ0) is 19.7. The Kier molecular flexibility index (Phi) is 5.38. The zero-order valence-corrected chi connectivity index (χ0v) is 17.1. The van der Waals surface area contributed by atoms with E-state index in [0.717, 1.165) is 41.0 Å². The Morgan fingerprint density at radius 2 is 2.04 bits per heavy atom. The van der Waals surface area contributed by atoms with Gasteiger partial charge in [0.25, 0.3) is 0 Å². The fourth-order valence-electron chi connectivity index (χ4n) is 3.75. The molecule has 1 aliphatic carbocycles. The van der Waals surface area contributed by atoms with Crippen molar-refractivity contribution < 1.29 is 9.53 Å². The van der Waals surface area contributed by atoms with Crippen molar-refractivity contribution in [3.05, 3.63) is 76.0 Å². The second kappa shape index (κ2) is 7.94. The Balaban J connectivity index is 1.61. The van der Waals surface area contributed by atoms with E-state index < -0.39 is 0 Å². The number of Topliss-reactive ketones (excluding diaryl/α,β-unsaturated/α-hetero) is 1. The summed E-state index contributed by atoms with van der Waals surface area (Å²) in [5.74, 6) is 0.921. The van der Waals surface area contributed by atoms with Gasteiger partial charge >= 0.3 is 0 Å². The Labute approximate surface area is 175 Å². The molecule has 4 rings (SSSR count). The van der Waals surface area contributed by atoms with Crippen LogP contribution in [0.3, 0.4) is 0 Å². The average molecular weight is 413 g/mol. The first kappa shape index (κ1) is 19.0. The molecule has 1 N–H and O–H groups in total. The maximum absolute atomic E-state index is 12.7. The van der Waals surface area contributed by atoms with Crippen LogP contribution in [0.25, 0.3) is 0 Å². The van der Waals surface area contributed by atoms with E-state index in [9.17, 15) is 4.79 Å². The van der Waals surface area contributed by atoms with Crippen molar-refractivity contribution in [2.24, 2.45) is 0 Å². The summed E-state index contributed by atoms with van der Waals surface area (Å²) in [4.78, 5) is 14.6. The number of halogens is 1. The fourth-order valence-corrected chi connectivity index (χ4v) is 4.17. The van der Waals surface area contributed by atoms with Crippen LogP contribution in [-0.2, 0) is 11.4 Å². The minimum absolute atomic E-state index is 0.190. The second-order valence-electron chi connectivity index (χ2n) is 7.03. The normalized spacial score (nSPS) is 19.4.